The average molecular weight is 239 g/mol. The molecule has 0 spiro atoms. The average Bonchev–Trinajstić information content (AvgIpc) is 2.59. The van der Waals surface area contributed by atoms with Crippen molar-refractivity contribution in [1.82, 2.24) is 15.1 Å². The second-order valence-electron chi connectivity index (χ2n) is 5.31. The lowest BCUT2D eigenvalue weighted by atomic mass is 10.1. The minimum absolute atomic E-state index is 0.283. The summed E-state index contributed by atoms with van der Waals surface area (Å²) in [6.45, 7) is 9.74. The maximum Gasteiger partial charge on any atom is 0.0694 e. The minimum Gasteiger partial charge on any atom is -0.392 e. The number of aryl methyl sites for hydroxylation is 1. The Bertz CT molecular complexity index is 344. The van der Waals surface area contributed by atoms with E-state index in [0.29, 0.717) is 18.4 Å². The van der Waals surface area contributed by atoms with Crippen molar-refractivity contribution in [2.45, 2.75) is 46.3 Å². The molecule has 98 valence electrons. The van der Waals surface area contributed by atoms with E-state index in [0.717, 1.165) is 12.2 Å². The molecule has 1 atom stereocenters. The summed E-state index contributed by atoms with van der Waals surface area (Å²) in [6.07, 6.45) is 1.76. The van der Waals surface area contributed by atoms with Gasteiger partial charge in [0.2, 0.25) is 0 Å². The summed E-state index contributed by atoms with van der Waals surface area (Å²) in [5.74, 6) is 0.726. The van der Waals surface area contributed by atoms with Crippen LogP contribution in [0, 0.1) is 5.92 Å². The number of hydrogen-bond acceptors (Lipinski definition) is 3. The summed E-state index contributed by atoms with van der Waals surface area (Å²) in [7, 11) is 1.94. The molecule has 1 rings (SSSR count). The van der Waals surface area contributed by atoms with Crippen LogP contribution in [0.5, 0.6) is 0 Å². The van der Waals surface area contributed by atoms with Crippen LogP contribution >= 0.6 is 0 Å². The Morgan fingerprint density at radius 1 is 1.35 bits per heavy atom. The van der Waals surface area contributed by atoms with Crippen LogP contribution in [0.4, 0.5) is 0 Å². The summed E-state index contributed by atoms with van der Waals surface area (Å²) in [5, 5.41) is 17.5. The lowest BCUT2D eigenvalue weighted by Crippen LogP contribution is -2.30. The Hall–Kier alpha value is -0.870. The topological polar surface area (TPSA) is 50.1 Å². The molecule has 4 heteroatoms. The minimum atomic E-state index is -0.283. The van der Waals surface area contributed by atoms with Crippen molar-refractivity contribution in [2.24, 2.45) is 13.0 Å². The van der Waals surface area contributed by atoms with Crippen molar-refractivity contribution < 1.29 is 5.11 Å². The van der Waals surface area contributed by atoms with Crippen LogP contribution in [0.1, 0.15) is 44.9 Å². The van der Waals surface area contributed by atoms with Gasteiger partial charge in [-0.3, -0.25) is 4.68 Å². The van der Waals surface area contributed by atoms with Crippen LogP contribution in [0.25, 0.3) is 0 Å². The molecule has 2 N–H and O–H groups in total. The van der Waals surface area contributed by atoms with Crippen molar-refractivity contribution in [3.63, 3.8) is 0 Å². The first-order valence-corrected chi connectivity index (χ1v) is 6.33. The highest BCUT2D eigenvalue weighted by molar-refractivity contribution is 5.19. The van der Waals surface area contributed by atoms with Crippen LogP contribution in [-0.4, -0.2) is 27.5 Å². The highest BCUT2D eigenvalue weighted by Crippen LogP contribution is 2.16. The molecule has 0 amide bonds. The lowest BCUT2D eigenvalue weighted by molar-refractivity contribution is 0.123. The highest BCUT2D eigenvalue weighted by atomic mass is 16.3. The third kappa shape index (κ3) is 4.13. The van der Waals surface area contributed by atoms with E-state index in [4.69, 9.17) is 0 Å². The van der Waals surface area contributed by atoms with Crippen molar-refractivity contribution in [1.29, 1.82) is 0 Å². The maximum atomic E-state index is 9.70. The van der Waals surface area contributed by atoms with Crippen LogP contribution < -0.4 is 5.32 Å². The van der Waals surface area contributed by atoms with Gasteiger partial charge in [0.25, 0.3) is 0 Å². The first kappa shape index (κ1) is 14.2. The first-order chi connectivity index (χ1) is 7.91. The molecule has 1 unspecified atom stereocenters. The number of aliphatic hydroxyl groups is 1. The van der Waals surface area contributed by atoms with Crippen LogP contribution in [0.15, 0.2) is 6.20 Å². The standard InChI is InChI=1S/C13H25N3O/c1-9(2)12(17)7-14-6-11-8-16(5)15-13(11)10(3)4/h8-10,12,14,17H,6-7H2,1-5H3. The summed E-state index contributed by atoms with van der Waals surface area (Å²) in [5.41, 5.74) is 2.36. The molecule has 0 fully saturated rings. The second kappa shape index (κ2) is 6.17. The largest absolute Gasteiger partial charge is 0.392 e. The Labute approximate surface area is 104 Å². The van der Waals surface area contributed by atoms with Crippen molar-refractivity contribution >= 4 is 0 Å². The van der Waals surface area contributed by atoms with E-state index in [1.54, 1.807) is 0 Å². The molecule has 0 aliphatic heterocycles. The quantitative estimate of drug-likeness (QED) is 0.793. The molecular formula is C13H25N3O. The fourth-order valence-corrected chi connectivity index (χ4v) is 1.77. The monoisotopic (exact) mass is 239 g/mol. The summed E-state index contributed by atoms with van der Waals surface area (Å²) >= 11 is 0. The molecule has 4 nitrogen and oxygen atoms in total. The number of aliphatic hydroxyl groups excluding tert-OH is 1. The fraction of sp³-hybridized carbons (Fsp3) is 0.769. The molecule has 0 aliphatic rings. The summed E-state index contributed by atoms with van der Waals surface area (Å²) in [6, 6.07) is 0. The molecule has 1 heterocycles. The van der Waals surface area contributed by atoms with Crippen LogP contribution in [-0.2, 0) is 13.6 Å². The number of nitrogens with one attached hydrogen (secondary N) is 1. The fourth-order valence-electron chi connectivity index (χ4n) is 1.77. The normalized spacial score (nSPS) is 13.6. The SMILES string of the molecule is CC(C)c1nn(C)cc1CNCC(O)C(C)C. The van der Waals surface area contributed by atoms with Gasteiger partial charge in [0, 0.05) is 31.9 Å². The van der Waals surface area contributed by atoms with E-state index < -0.39 is 0 Å². The van der Waals surface area contributed by atoms with Crippen molar-refractivity contribution in [3.8, 4) is 0 Å². The van der Waals surface area contributed by atoms with E-state index in [1.807, 2.05) is 31.8 Å². The Balaban J connectivity index is 2.51. The molecule has 0 radical (unpaired) electrons. The van der Waals surface area contributed by atoms with Crippen molar-refractivity contribution in [2.75, 3.05) is 6.54 Å². The van der Waals surface area contributed by atoms with Gasteiger partial charge in [-0.25, -0.2) is 0 Å². The zero-order chi connectivity index (χ0) is 13.0. The molecule has 0 bridgehead atoms. The van der Waals surface area contributed by atoms with E-state index in [1.165, 1.54) is 5.56 Å². The number of aromatic nitrogens is 2. The zero-order valence-electron chi connectivity index (χ0n) is 11.6. The molecule has 0 aromatic carbocycles. The van der Waals surface area contributed by atoms with Gasteiger partial charge in [0.15, 0.2) is 0 Å². The van der Waals surface area contributed by atoms with Gasteiger partial charge in [-0.1, -0.05) is 27.7 Å². The smallest absolute Gasteiger partial charge is 0.0694 e. The Kier molecular flexibility index (Phi) is 5.15. The van der Waals surface area contributed by atoms with Gasteiger partial charge in [0.05, 0.1) is 11.8 Å². The highest BCUT2D eigenvalue weighted by Gasteiger charge is 2.12. The first-order valence-electron chi connectivity index (χ1n) is 6.33. The number of rotatable bonds is 6. The predicted molar refractivity (Wildman–Crippen MR) is 69.8 cm³/mol. The number of nitrogens with zero attached hydrogens (tertiary/aromatic N) is 2. The molecular weight excluding hydrogens is 214 g/mol. The van der Waals surface area contributed by atoms with E-state index >= 15 is 0 Å². The van der Waals surface area contributed by atoms with Gasteiger partial charge in [-0.2, -0.15) is 5.10 Å². The van der Waals surface area contributed by atoms with Crippen LogP contribution in [0.2, 0.25) is 0 Å². The van der Waals surface area contributed by atoms with E-state index in [2.05, 4.69) is 24.3 Å². The Morgan fingerprint density at radius 3 is 2.53 bits per heavy atom. The van der Waals surface area contributed by atoms with Gasteiger partial charge in [0.1, 0.15) is 0 Å². The third-order valence-corrected chi connectivity index (χ3v) is 2.92. The molecule has 0 saturated heterocycles. The lowest BCUT2D eigenvalue weighted by Gasteiger charge is -2.15. The maximum absolute atomic E-state index is 9.70. The predicted octanol–water partition coefficient (Wildman–Crippen LogP) is 1.65. The van der Waals surface area contributed by atoms with Gasteiger partial charge in [-0.05, 0) is 11.8 Å². The Morgan fingerprint density at radius 2 is 2.00 bits per heavy atom. The summed E-state index contributed by atoms with van der Waals surface area (Å²) in [4.78, 5) is 0. The molecule has 0 saturated carbocycles. The van der Waals surface area contributed by atoms with Gasteiger partial charge in [-0.15, -0.1) is 0 Å². The summed E-state index contributed by atoms with van der Waals surface area (Å²) < 4.78 is 1.85. The van der Waals surface area contributed by atoms with Crippen LogP contribution in [0.3, 0.4) is 0 Å². The van der Waals surface area contributed by atoms with Gasteiger partial charge >= 0.3 is 0 Å². The van der Waals surface area contributed by atoms with E-state index in [9.17, 15) is 5.11 Å². The molecule has 1 aromatic heterocycles. The second-order valence-corrected chi connectivity index (χ2v) is 5.31. The molecule has 17 heavy (non-hydrogen) atoms. The number of hydrogen-bond donors (Lipinski definition) is 2. The molecule has 0 aliphatic carbocycles. The van der Waals surface area contributed by atoms with Crippen molar-refractivity contribution in [3.05, 3.63) is 17.5 Å². The van der Waals surface area contributed by atoms with Gasteiger partial charge < -0.3 is 10.4 Å². The third-order valence-electron chi connectivity index (χ3n) is 2.92. The van der Waals surface area contributed by atoms with E-state index in [-0.39, 0.29) is 6.10 Å². The molecule has 1 aromatic rings. The zero-order valence-corrected chi connectivity index (χ0v) is 11.6.